The Balaban J connectivity index is 2.44. The molecule has 1 aromatic rings. The minimum Gasteiger partial charge on any atom is -0.119 e. The number of rotatable bonds is 1. The number of benzene rings is 1. The molecular weight excluding hydrogens is 168 g/mol. The SMILES string of the molecule is C#CC(C)(C)c1ccc2c(c1)CCC2. The van der Waals surface area contributed by atoms with Gasteiger partial charge in [0, 0.05) is 0 Å². The molecule has 0 N–H and O–H groups in total. The maximum atomic E-state index is 5.53. The molecule has 1 aromatic carbocycles. The number of aryl methyl sites for hydroxylation is 2. The van der Waals surface area contributed by atoms with Crippen LogP contribution >= 0.6 is 0 Å². The van der Waals surface area contributed by atoms with Crippen LogP contribution in [0.25, 0.3) is 0 Å². The summed E-state index contributed by atoms with van der Waals surface area (Å²) in [5.74, 6) is 2.85. The fraction of sp³-hybridized carbons (Fsp3) is 0.429. The van der Waals surface area contributed by atoms with Gasteiger partial charge in [0.15, 0.2) is 0 Å². The summed E-state index contributed by atoms with van der Waals surface area (Å²) in [6.07, 6.45) is 9.30. The average molecular weight is 184 g/mol. The quantitative estimate of drug-likeness (QED) is 0.588. The standard InChI is InChI=1S/C14H16/c1-4-14(2,3)13-9-8-11-6-5-7-12(11)10-13/h1,8-10H,5-7H2,2-3H3. The summed E-state index contributed by atoms with van der Waals surface area (Å²) in [7, 11) is 0. The fourth-order valence-corrected chi connectivity index (χ4v) is 2.04. The van der Waals surface area contributed by atoms with Gasteiger partial charge in [-0.25, -0.2) is 0 Å². The van der Waals surface area contributed by atoms with Gasteiger partial charge < -0.3 is 0 Å². The fourth-order valence-electron chi connectivity index (χ4n) is 2.04. The van der Waals surface area contributed by atoms with E-state index in [0.29, 0.717) is 0 Å². The predicted octanol–water partition coefficient (Wildman–Crippen LogP) is 3.09. The van der Waals surface area contributed by atoms with Crippen molar-refractivity contribution in [1.29, 1.82) is 0 Å². The van der Waals surface area contributed by atoms with E-state index in [1.165, 1.54) is 36.0 Å². The van der Waals surface area contributed by atoms with E-state index in [1.807, 2.05) is 0 Å². The molecule has 0 saturated heterocycles. The maximum absolute atomic E-state index is 5.53. The number of hydrogen-bond donors (Lipinski definition) is 0. The zero-order valence-electron chi connectivity index (χ0n) is 8.93. The van der Waals surface area contributed by atoms with Crippen molar-refractivity contribution in [2.45, 2.75) is 38.5 Å². The summed E-state index contributed by atoms with van der Waals surface area (Å²) in [6, 6.07) is 6.73. The van der Waals surface area contributed by atoms with Crippen LogP contribution in [0.2, 0.25) is 0 Å². The third kappa shape index (κ3) is 1.44. The van der Waals surface area contributed by atoms with Gasteiger partial charge >= 0.3 is 0 Å². The molecule has 0 heterocycles. The first-order chi connectivity index (χ1) is 6.63. The van der Waals surface area contributed by atoms with E-state index in [9.17, 15) is 0 Å². The van der Waals surface area contributed by atoms with Gasteiger partial charge in [-0.3, -0.25) is 0 Å². The Morgan fingerprint density at radius 3 is 2.64 bits per heavy atom. The van der Waals surface area contributed by atoms with Crippen LogP contribution in [0.5, 0.6) is 0 Å². The summed E-state index contributed by atoms with van der Waals surface area (Å²) in [4.78, 5) is 0. The van der Waals surface area contributed by atoms with Gasteiger partial charge in [0.05, 0.1) is 5.41 Å². The lowest BCUT2D eigenvalue weighted by molar-refractivity contribution is 0.698. The van der Waals surface area contributed by atoms with E-state index >= 15 is 0 Å². The van der Waals surface area contributed by atoms with Gasteiger partial charge in [0.25, 0.3) is 0 Å². The van der Waals surface area contributed by atoms with E-state index in [2.05, 4.69) is 38.0 Å². The van der Waals surface area contributed by atoms with Crippen molar-refractivity contribution in [3.63, 3.8) is 0 Å². The highest BCUT2D eigenvalue weighted by molar-refractivity contribution is 5.41. The number of terminal acetylenes is 1. The van der Waals surface area contributed by atoms with E-state index in [1.54, 1.807) is 0 Å². The molecule has 2 rings (SSSR count). The Morgan fingerprint density at radius 2 is 1.93 bits per heavy atom. The third-order valence-electron chi connectivity index (χ3n) is 3.18. The van der Waals surface area contributed by atoms with Crippen molar-refractivity contribution in [2.75, 3.05) is 0 Å². The van der Waals surface area contributed by atoms with Gasteiger partial charge in [0.2, 0.25) is 0 Å². The van der Waals surface area contributed by atoms with E-state index in [-0.39, 0.29) is 5.41 Å². The molecule has 14 heavy (non-hydrogen) atoms. The molecule has 0 heteroatoms. The zero-order valence-corrected chi connectivity index (χ0v) is 8.93. The highest BCUT2D eigenvalue weighted by atomic mass is 14.2. The molecule has 0 saturated carbocycles. The predicted molar refractivity (Wildman–Crippen MR) is 60.3 cm³/mol. The lowest BCUT2D eigenvalue weighted by Gasteiger charge is -2.19. The van der Waals surface area contributed by atoms with Crippen molar-refractivity contribution in [3.8, 4) is 12.3 Å². The first-order valence-electron chi connectivity index (χ1n) is 5.23. The average Bonchev–Trinajstić information content (AvgIpc) is 2.64. The van der Waals surface area contributed by atoms with Crippen molar-refractivity contribution in [1.82, 2.24) is 0 Å². The Bertz CT molecular complexity index is 391. The molecule has 1 aliphatic carbocycles. The molecule has 1 aliphatic rings. The van der Waals surface area contributed by atoms with E-state index in [0.717, 1.165) is 0 Å². The Morgan fingerprint density at radius 1 is 1.21 bits per heavy atom. The van der Waals surface area contributed by atoms with Crippen molar-refractivity contribution in [2.24, 2.45) is 0 Å². The van der Waals surface area contributed by atoms with Gasteiger partial charge in [-0.1, -0.05) is 24.1 Å². The molecule has 0 aliphatic heterocycles. The van der Waals surface area contributed by atoms with Gasteiger partial charge in [0.1, 0.15) is 0 Å². The maximum Gasteiger partial charge on any atom is 0.0504 e. The molecule has 0 unspecified atom stereocenters. The number of hydrogen-bond acceptors (Lipinski definition) is 0. The molecule has 0 amide bonds. The van der Waals surface area contributed by atoms with Crippen LogP contribution in [0, 0.1) is 12.3 Å². The van der Waals surface area contributed by atoms with E-state index < -0.39 is 0 Å². The second-order valence-electron chi connectivity index (χ2n) is 4.61. The second kappa shape index (κ2) is 3.17. The zero-order chi connectivity index (χ0) is 10.2. The van der Waals surface area contributed by atoms with Crippen molar-refractivity contribution < 1.29 is 0 Å². The third-order valence-corrected chi connectivity index (χ3v) is 3.18. The van der Waals surface area contributed by atoms with Crippen LogP contribution < -0.4 is 0 Å². The topological polar surface area (TPSA) is 0 Å². The normalized spacial score (nSPS) is 14.9. The first-order valence-corrected chi connectivity index (χ1v) is 5.23. The Kier molecular flexibility index (Phi) is 2.11. The monoisotopic (exact) mass is 184 g/mol. The Hall–Kier alpha value is -1.22. The largest absolute Gasteiger partial charge is 0.119 e. The van der Waals surface area contributed by atoms with Crippen molar-refractivity contribution in [3.05, 3.63) is 34.9 Å². The molecule has 0 fully saturated rings. The molecule has 0 atom stereocenters. The van der Waals surface area contributed by atoms with Gasteiger partial charge in [-0.2, -0.15) is 0 Å². The molecule has 0 nitrogen and oxygen atoms in total. The van der Waals surface area contributed by atoms with Gasteiger partial charge in [-0.15, -0.1) is 6.42 Å². The lowest BCUT2D eigenvalue weighted by atomic mass is 9.84. The molecule has 0 aromatic heterocycles. The lowest BCUT2D eigenvalue weighted by Crippen LogP contribution is -2.14. The number of fused-ring (bicyclic) bond motifs is 1. The molecule has 72 valence electrons. The Labute approximate surface area is 86.3 Å². The van der Waals surface area contributed by atoms with Crippen LogP contribution in [0.1, 0.15) is 37.0 Å². The highest BCUT2D eigenvalue weighted by Crippen LogP contribution is 2.28. The first kappa shape index (κ1) is 9.34. The highest BCUT2D eigenvalue weighted by Gasteiger charge is 2.19. The second-order valence-corrected chi connectivity index (χ2v) is 4.61. The van der Waals surface area contributed by atoms with E-state index in [4.69, 9.17) is 6.42 Å². The summed E-state index contributed by atoms with van der Waals surface area (Å²) < 4.78 is 0. The molecular formula is C14H16. The summed E-state index contributed by atoms with van der Waals surface area (Å²) in [6.45, 7) is 4.20. The minimum atomic E-state index is -0.127. The van der Waals surface area contributed by atoms with Crippen LogP contribution in [0.4, 0.5) is 0 Å². The van der Waals surface area contributed by atoms with Crippen LogP contribution in [0.15, 0.2) is 18.2 Å². The van der Waals surface area contributed by atoms with Gasteiger partial charge in [-0.05, 0) is 49.8 Å². The van der Waals surface area contributed by atoms with Crippen LogP contribution in [-0.2, 0) is 18.3 Å². The molecule has 0 bridgehead atoms. The summed E-state index contributed by atoms with van der Waals surface area (Å²) >= 11 is 0. The summed E-state index contributed by atoms with van der Waals surface area (Å²) in [5.41, 5.74) is 4.17. The van der Waals surface area contributed by atoms with Crippen LogP contribution in [-0.4, -0.2) is 0 Å². The minimum absolute atomic E-state index is 0.127. The smallest absolute Gasteiger partial charge is 0.0504 e. The van der Waals surface area contributed by atoms with Crippen LogP contribution in [0.3, 0.4) is 0 Å². The summed E-state index contributed by atoms with van der Waals surface area (Å²) in [5, 5.41) is 0. The molecule has 0 radical (unpaired) electrons. The van der Waals surface area contributed by atoms with Crippen molar-refractivity contribution >= 4 is 0 Å². The molecule has 0 spiro atoms.